The Morgan fingerprint density at radius 3 is 2.47 bits per heavy atom. The van der Waals surface area contributed by atoms with Crippen LogP contribution in [-0.2, 0) is 23.1 Å². The summed E-state index contributed by atoms with van der Waals surface area (Å²) in [5.41, 5.74) is 3.58. The van der Waals surface area contributed by atoms with Gasteiger partial charge in [-0.1, -0.05) is 36.8 Å². The maximum Gasteiger partial charge on any atom is 0.254 e. The van der Waals surface area contributed by atoms with E-state index in [9.17, 15) is 13.2 Å². The first-order valence-electron chi connectivity index (χ1n) is 11.7. The van der Waals surface area contributed by atoms with Crippen molar-refractivity contribution in [1.82, 2.24) is 14.2 Å². The average Bonchev–Trinajstić information content (AvgIpc) is 2.85. The van der Waals surface area contributed by atoms with Crippen molar-refractivity contribution >= 4 is 15.9 Å². The third-order valence-electron chi connectivity index (χ3n) is 6.46. The van der Waals surface area contributed by atoms with E-state index in [0.717, 1.165) is 36.0 Å². The minimum atomic E-state index is -3.58. The minimum absolute atomic E-state index is 0.0101. The fourth-order valence-electron chi connectivity index (χ4n) is 4.42. The Hall–Kier alpha value is -3.03. The van der Waals surface area contributed by atoms with Gasteiger partial charge in [0, 0.05) is 43.6 Å². The summed E-state index contributed by atoms with van der Waals surface area (Å²) in [5.74, 6) is -0.151. The van der Waals surface area contributed by atoms with E-state index in [1.165, 1.54) is 0 Å². The van der Waals surface area contributed by atoms with E-state index in [4.69, 9.17) is 0 Å². The number of aromatic nitrogens is 1. The number of piperidine rings is 1. The van der Waals surface area contributed by atoms with E-state index in [-0.39, 0.29) is 16.8 Å². The van der Waals surface area contributed by atoms with Crippen molar-refractivity contribution in [2.75, 3.05) is 6.54 Å². The summed E-state index contributed by atoms with van der Waals surface area (Å²) in [6.07, 6.45) is 6.27. The highest BCUT2D eigenvalue weighted by molar-refractivity contribution is 7.89. The molecule has 178 valence electrons. The van der Waals surface area contributed by atoms with Gasteiger partial charge in [-0.05, 0) is 73.7 Å². The van der Waals surface area contributed by atoms with E-state index in [0.29, 0.717) is 25.2 Å². The van der Waals surface area contributed by atoms with Crippen LogP contribution in [0.4, 0.5) is 0 Å². The summed E-state index contributed by atoms with van der Waals surface area (Å²) < 4.78 is 27.9. The number of benzene rings is 2. The Bertz CT molecular complexity index is 1230. The van der Waals surface area contributed by atoms with Crippen molar-refractivity contribution in [2.45, 2.75) is 57.1 Å². The normalized spacial score (nSPS) is 16.8. The fourth-order valence-corrected chi connectivity index (χ4v) is 6.12. The lowest BCUT2D eigenvalue weighted by atomic mass is 10.1. The lowest BCUT2D eigenvalue weighted by Gasteiger charge is -2.32. The summed E-state index contributed by atoms with van der Waals surface area (Å²) in [4.78, 5) is 19.7. The molecule has 1 fully saturated rings. The van der Waals surface area contributed by atoms with E-state index in [1.54, 1.807) is 45.9 Å². The Morgan fingerprint density at radius 1 is 1.03 bits per heavy atom. The summed E-state index contributed by atoms with van der Waals surface area (Å²) in [5, 5.41) is 0. The maximum absolute atomic E-state index is 13.5. The lowest BCUT2D eigenvalue weighted by Crippen LogP contribution is -2.41. The SMILES string of the molecule is Cc1ccccc1CN(Cc1cccnc1)C(=O)c1ccc(S(=O)(=O)N2CCCCC2C)cc1. The van der Waals surface area contributed by atoms with Gasteiger partial charge in [-0.2, -0.15) is 4.31 Å². The monoisotopic (exact) mass is 477 g/mol. The Kier molecular flexibility index (Phi) is 7.44. The highest BCUT2D eigenvalue weighted by Crippen LogP contribution is 2.26. The molecule has 2 aromatic carbocycles. The first-order chi connectivity index (χ1) is 16.4. The second-order valence-electron chi connectivity index (χ2n) is 8.93. The molecule has 0 N–H and O–H groups in total. The quantitative estimate of drug-likeness (QED) is 0.490. The van der Waals surface area contributed by atoms with E-state index < -0.39 is 10.0 Å². The van der Waals surface area contributed by atoms with Gasteiger partial charge in [0.1, 0.15) is 0 Å². The molecule has 6 nitrogen and oxygen atoms in total. The van der Waals surface area contributed by atoms with Crippen LogP contribution in [0.1, 0.15) is 53.2 Å². The number of sulfonamides is 1. The second-order valence-corrected chi connectivity index (χ2v) is 10.8. The molecule has 0 spiro atoms. The third kappa shape index (κ3) is 5.37. The molecular formula is C27H31N3O3S. The number of carbonyl (C=O) groups is 1. The number of nitrogens with zero attached hydrogens (tertiary/aromatic N) is 3. The molecule has 1 unspecified atom stereocenters. The number of aryl methyl sites for hydroxylation is 1. The smallest absolute Gasteiger partial charge is 0.254 e. The van der Waals surface area contributed by atoms with E-state index >= 15 is 0 Å². The van der Waals surface area contributed by atoms with Gasteiger partial charge in [0.2, 0.25) is 10.0 Å². The lowest BCUT2D eigenvalue weighted by molar-refractivity contribution is 0.0729. The van der Waals surface area contributed by atoms with Crippen LogP contribution in [0.15, 0.2) is 78.0 Å². The van der Waals surface area contributed by atoms with Crippen LogP contribution < -0.4 is 0 Å². The van der Waals surface area contributed by atoms with Crippen LogP contribution in [0, 0.1) is 6.92 Å². The van der Waals surface area contributed by atoms with Crippen molar-refractivity contribution < 1.29 is 13.2 Å². The molecule has 0 saturated carbocycles. The van der Waals surface area contributed by atoms with Crippen molar-refractivity contribution in [3.63, 3.8) is 0 Å². The molecule has 0 aliphatic carbocycles. The van der Waals surface area contributed by atoms with Gasteiger partial charge >= 0.3 is 0 Å². The maximum atomic E-state index is 13.5. The van der Waals surface area contributed by atoms with Crippen LogP contribution in [0.25, 0.3) is 0 Å². The molecule has 1 aromatic heterocycles. The molecule has 34 heavy (non-hydrogen) atoms. The predicted molar refractivity (Wildman–Crippen MR) is 133 cm³/mol. The fraction of sp³-hybridized carbons (Fsp3) is 0.333. The topological polar surface area (TPSA) is 70.6 Å². The average molecular weight is 478 g/mol. The highest BCUT2D eigenvalue weighted by Gasteiger charge is 2.31. The van der Waals surface area contributed by atoms with Crippen LogP contribution in [0.2, 0.25) is 0 Å². The van der Waals surface area contributed by atoms with E-state index in [1.807, 2.05) is 50.2 Å². The number of rotatable bonds is 7. The minimum Gasteiger partial charge on any atom is -0.330 e. The van der Waals surface area contributed by atoms with Crippen molar-refractivity contribution in [3.05, 3.63) is 95.3 Å². The number of amides is 1. The van der Waals surface area contributed by atoms with Crippen LogP contribution in [-0.4, -0.2) is 41.1 Å². The molecule has 0 bridgehead atoms. The van der Waals surface area contributed by atoms with Crippen molar-refractivity contribution in [3.8, 4) is 0 Å². The van der Waals surface area contributed by atoms with Gasteiger partial charge in [0.05, 0.1) is 4.90 Å². The predicted octanol–water partition coefficient (Wildman–Crippen LogP) is 4.80. The standard InChI is InChI=1S/C27H31N3O3S/c1-21-8-3-4-11-25(21)20-29(19-23-10-7-16-28-18-23)27(31)24-12-14-26(15-13-24)34(32,33)30-17-6-5-9-22(30)2/h3-4,7-8,10-16,18,22H,5-6,9,17,19-20H2,1-2H3. The molecule has 1 aliphatic heterocycles. The number of carbonyl (C=O) groups excluding carboxylic acids is 1. The molecular weight excluding hydrogens is 446 g/mol. The zero-order valence-electron chi connectivity index (χ0n) is 19.7. The van der Waals surface area contributed by atoms with Gasteiger partial charge < -0.3 is 4.90 Å². The second kappa shape index (κ2) is 10.5. The van der Waals surface area contributed by atoms with Crippen molar-refractivity contribution in [1.29, 1.82) is 0 Å². The summed E-state index contributed by atoms with van der Waals surface area (Å²) in [7, 11) is -3.58. The molecule has 2 heterocycles. The van der Waals surface area contributed by atoms with Gasteiger partial charge in [0.25, 0.3) is 5.91 Å². The Morgan fingerprint density at radius 2 is 1.79 bits per heavy atom. The zero-order chi connectivity index (χ0) is 24.1. The highest BCUT2D eigenvalue weighted by atomic mass is 32.2. The molecule has 1 atom stereocenters. The van der Waals surface area contributed by atoms with Gasteiger partial charge in [0.15, 0.2) is 0 Å². The Balaban J connectivity index is 1.59. The largest absolute Gasteiger partial charge is 0.330 e. The molecule has 1 amide bonds. The first-order valence-corrected chi connectivity index (χ1v) is 13.1. The summed E-state index contributed by atoms with van der Waals surface area (Å²) in [6, 6.07) is 18.1. The molecule has 0 radical (unpaired) electrons. The summed E-state index contributed by atoms with van der Waals surface area (Å²) in [6.45, 7) is 5.39. The molecule has 1 saturated heterocycles. The molecule has 7 heteroatoms. The van der Waals surface area contributed by atoms with E-state index in [2.05, 4.69) is 4.98 Å². The first kappa shape index (κ1) is 24.1. The third-order valence-corrected chi connectivity index (χ3v) is 8.48. The number of hydrogen-bond donors (Lipinski definition) is 0. The molecule has 1 aliphatic rings. The summed E-state index contributed by atoms with van der Waals surface area (Å²) >= 11 is 0. The Labute approximate surface area is 202 Å². The van der Waals surface area contributed by atoms with Crippen LogP contribution in [0.5, 0.6) is 0 Å². The van der Waals surface area contributed by atoms with Gasteiger partial charge in [-0.3, -0.25) is 9.78 Å². The van der Waals surface area contributed by atoms with Gasteiger partial charge in [-0.25, -0.2) is 8.42 Å². The number of pyridine rings is 1. The molecule has 3 aromatic rings. The number of hydrogen-bond acceptors (Lipinski definition) is 4. The van der Waals surface area contributed by atoms with Gasteiger partial charge in [-0.15, -0.1) is 0 Å². The van der Waals surface area contributed by atoms with Crippen molar-refractivity contribution in [2.24, 2.45) is 0 Å². The molecule has 4 rings (SSSR count). The van der Waals surface area contributed by atoms with Crippen LogP contribution >= 0.6 is 0 Å². The zero-order valence-corrected chi connectivity index (χ0v) is 20.5. The van der Waals surface area contributed by atoms with Crippen LogP contribution in [0.3, 0.4) is 0 Å².